The van der Waals surface area contributed by atoms with Crippen LogP contribution in [-0.2, 0) is 19.6 Å². The van der Waals surface area contributed by atoms with E-state index in [4.69, 9.17) is 21.1 Å². The van der Waals surface area contributed by atoms with Gasteiger partial charge < -0.3 is 14.8 Å². The van der Waals surface area contributed by atoms with Crippen molar-refractivity contribution in [3.63, 3.8) is 0 Å². The van der Waals surface area contributed by atoms with Crippen molar-refractivity contribution in [2.45, 2.75) is 4.90 Å². The number of halogens is 2. The lowest BCUT2D eigenvalue weighted by Gasteiger charge is -2.26. The fraction of sp³-hybridized carbons (Fsp3) is 0.278. The van der Waals surface area contributed by atoms with Crippen LogP contribution < -0.4 is 10.1 Å². The number of ether oxygens (including phenoxy) is 2. The topological polar surface area (TPSA) is 84.9 Å². The number of nitrogens with zero attached hydrogens (tertiary/aromatic N) is 1. The van der Waals surface area contributed by atoms with E-state index in [2.05, 4.69) is 5.32 Å². The van der Waals surface area contributed by atoms with Crippen LogP contribution in [-0.4, -0.2) is 51.5 Å². The minimum Gasteiger partial charge on any atom is -0.484 e. The van der Waals surface area contributed by atoms with Crippen LogP contribution in [0.25, 0.3) is 0 Å². The van der Waals surface area contributed by atoms with E-state index in [0.717, 1.165) is 6.07 Å². The number of amides is 1. The van der Waals surface area contributed by atoms with Crippen molar-refractivity contribution in [3.05, 3.63) is 53.3 Å². The molecule has 28 heavy (non-hydrogen) atoms. The number of rotatable bonds is 6. The van der Waals surface area contributed by atoms with Gasteiger partial charge in [-0.3, -0.25) is 4.79 Å². The van der Waals surface area contributed by atoms with E-state index in [9.17, 15) is 17.6 Å². The average Bonchev–Trinajstić information content (AvgIpc) is 2.70. The van der Waals surface area contributed by atoms with Crippen LogP contribution in [0.3, 0.4) is 0 Å². The third-order valence-electron chi connectivity index (χ3n) is 4.01. The molecule has 150 valence electrons. The van der Waals surface area contributed by atoms with Crippen LogP contribution >= 0.6 is 11.6 Å². The SMILES string of the molecule is O=C(COc1ccc(F)c(Cl)c1)Nc1ccc(S(=O)(=O)N2CCOCC2)cc1. The predicted molar refractivity (Wildman–Crippen MR) is 102 cm³/mol. The van der Waals surface area contributed by atoms with Crippen LogP contribution in [0.15, 0.2) is 47.4 Å². The molecule has 0 aliphatic carbocycles. The van der Waals surface area contributed by atoms with Crippen molar-refractivity contribution in [2.75, 3.05) is 38.2 Å². The molecular weight excluding hydrogens is 411 g/mol. The number of nitrogens with one attached hydrogen (secondary N) is 1. The molecular formula is C18H18ClFN2O5S. The molecule has 0 radical (unpaired) electrons. The number of morpholine rings is 1. The van der Waals surface area contributed by atoms with Gasteiger partial charge in [-0.25, -0.2) is 12.8 Å². The molecule has 2 aromatic carbocycles. The van der Waals surface area contributed by atoms with Crippen molar-refractivity contribution in [1.29, 1.82) is 0 Å². The highest BCUT2D eigenvalue weighted by Gasteiger charge is 2.26. The fourth-order valence-corrected chi connectivity index (χ4v) is 4.14. The largest absolute Gasteiger partial charge is 0.484 e. The molecule has 1 amide bonds. The van der Waals surface area contributed by atoms with Crippen molar-refractivity contribution in [1.82, 2.24) is 4.31 Å². The molecule has 0 aromatic heterocycles. The van der Waals surface area contributed by atoms with E-state index in [-0.39, 0.29) is 22.3 Å². The summed E-state index contributed by atoms with van der Waals surface area (Å²) in [4.78, 5) is 12.1. The van der Waals surface area contributed by atoms with Gasteiger partial charge in [0.25, 0.3) is 5.91 Å². The van der Waals surface area contributed by atoms with Gasteiger partial charge in [0.2, 0.25) is 10.0 Å². The number of hydrogen-bond donors (Lipinski definition) is 1. The molecule has 10 heteroatoms. The van der Waals surface area contributed by atoms with E-state index in [0.29, 0.717) is 32.0 Å². The zero-order valence-corrected chi connectivity index (χ0v) is 16.3. The zero-order chi connectivity index (χ0) is 20.1. The standard InChI is InChI=1S/C18H18ClFN2O5S/c19-16-11-14(3-6-17(16)20)27-12-18(23)21-13-1-4-15(5-2-13)28(24,25)22-7-9-26-10-8-22/h1-6,11H,7-10,12H2,(H,21,23). The summed E-state index contributed by atoms with van der Waals surface area (Å²) in [5.41, 5.74) is 0.423. The van der Waals surface area contributed by atoms with Crippen molar-refractivity contribution >= 4 is 33.2 Å². The van der Waals surface area contributed by atoms with E-state index < -0.39 is 21.7 Å². The lowest BCUT2D eigenvalue weighted by Crippen LogP contribution is -2.40. The third kappa shape index (κ3) is 4.99. The first-order valence-electron chi connectivity index (χ1n) is 8.42. The minimum atomic E-state index is -3.59. The fourth-order valence-electron chi connectivity index (χ4n) is 2.56. The molecule has 0 atom stereocenters. The van der Waals surface area contributed by atoms with Gasteiger partial charge in [-0.2, -0.15) is 4.31 Å². The summed E-state index contributed by atoms with van der Waals surface area (Å²) in [7, 11) is -3.59. The molecule has 1 fully saturated rings. The number of hydrogen-bond acceptors (Lipinski definition) is 5. The molecule has 7 nitrogen and oxygen atoms in total. The second-order valence-corrected chi connectivity index (χ2v) is 8.30. The Morgan fingerprint density at radius 2 is 1.86 bits per heavy atom. The van der Waals surface area contributed by atoms with Gasteiger partial charge in [-0.05, 0) is 36.4 Å². The van der Waals surface area contributed by atoms with Gasteiger partial charge in [0.15, 0.2) is 6.61 Å². The molecule has 0 bridgehead atoms. The lowest BCUT2D eigenvalue weighted by atomic mass is 10.3. The Morgan fingerprint density at radius 1 is 1.18 bits per heavy atom. The zero-order valence-electron chi connectivity index (χ0n) is 14.7. The molecule has 1 aliphatic rings. The first-order chi connectivity index (χ1) is 13.4. The summed E-state index contributed by atoms with van der Waals surface area (Å²) in [6.45, 7) is 1.05. The van der Waals surface area contributed by atoms with Gasteiger partial charge in [-0.1, -0.05) is 11.6 Å². The number of benzene rings is 2. The Kier molecular flexibility index (Phi) is 6.50. The molecule has 0 unspecified atom stereocenters. The Bertz CT molecular complexity index is 947. The number of carbonyl (C=O) groups is 1. The summed E-state index contributed by atoms with van der Waals surface area (Å²) in [6.07, 6.45) is 0. The Hall–Kier alpha value is -2.20. The van der Waals surface area contributed by atoms with Gasteiger partial charge in [-0.15, -0.1) is 0 Å². The van der Waals surface area contributed by atoms with Gasteiger partial charge in [0.05, 0.1) is 23.1 Å². The highest BCUT2D eigenvalue weighted by atomic mass is 35.5. The number of sulfonamides is 1. The van der Waals surface area contributed by atoms with Crippen LogP contribution in [0.4, 0.5) is 10.1 Å². The monoisotopic (exact) mass is 428 g/mol. The molecule has 0 spiro atoms. The Labute approximate surface area is 167 Å². The summed E-state index contributed by atoms with van der Waals surface area (Å²) in [5.74, 6) is -0.775. The maximum Gasteiger partial charge on any atom is 0.262 e. The van der Waals surface area contributed by atoms with Crippen LogP contribution in [0.1, 0.15) is 0 Å². The van der Waals surface area contributed by atoms with Gasteiger partial charge in [0, 0.05) is 24.8 Å². The summed E-state index contributed by atoms with van der Waals surface area (Å²) < 4.78 is 50.0. The van der Waals surface area contributed by atoms with Crippen LogP contribution in [0.5, 0.6) is 5.75 Å². The van der Waals surface area contributed by atoms with E-state index in [1.54, 1.807) is 0 Å². The second kappa shape index (κ2) is 8.87. The molecule has 1 heterocycles. The molecule has 1 aliphatic heterocycles. The van der Waals surface area contributed by atoms with Gasteiger partial charge >= 0.3 is 0 Å². The summed E-state index contributed by atoms with van der Waals surface area (Å²) >= 11 is 5.65. The van der Waals surface area contributed by atoms with Crippen LogP contribution in [0.2, 0.25) is 5.02 Å². The van der Waals surface area contributed by atoms with Crippen LogP contribution in [0, 0.1) is 5.82 Å². The summed E-state index contributed by atoms with van der Waals surface area (Å²) in [5, 5.41) is 2.50. The second-order valence-electron chi connectivity index (χ2n) is 5.95. The molecule has 1 saturated heterocycles. The smallest absolute Gasteiger partial charge is 0.262 e. The molecule has 3 rings (SSSR count). The first kappa shape index (κ1) is 20.5. The average molecular weight is 429 g/mol. The lowest BCUT2D eigenvalue weighted by molar-refractivity contribution is -0.118. The van der Waals surface area contributed by atoms with E-state index >= 15 is 0 Å². The Morgan fingerprint density at radius 3 is 2.50 bits per heavy atom. The molecule has 1 N–H and O–H groups in total. The molecule has 0 saturated carbocycles. The number of anilines is 1. The first-order valence-corrected chi connectivity index (χ1v) is 10.2. The Balaban J connectivity index is 1.57. The van der Waals surface area contributed by atoms with E-state index in [1.165, 1.54) is 40.7 Å². The maximum atomic E-state index is 13.1. The highest BCUT2D eigenvalue weighted by Crippen LogP contribution is 2.22. The van der Waals surface area contributed by atoms with Crippen molar-refractivity contribution in [2.24, 2.45) is 0 Å². The maximum absolute atomic E-state index is 13.1. The minimum absolute atomic E-state index is 0.102. The predicted octanol–water partition coefficient (Wildman–Crippen LogP) is 2.52. The summed E-state index contributed by atoms with van der Waals surface area (Å²) in [6, 6.07) is 9.64. The normalized spacial score (nSPS) is 15.2. The van der Waals surface area contributed by atoms with Crippen molar-refractivity contribution < 1.29 is 27.1 Å². The quantitative estimate of drug-likeness (QED) is 0.764. The molecule has 2 aromatic rings. The van der Waals surface area contributed by atoms with Gasteiger partial charge in [0.1, 0.15) is 11.6 Å². The number of carbonyl (C=O) groups excluding carboxylic acids is 1. The third-order valence-corrected chi connectivity index (χ3v) is 6.21. The van der Waals surface area contributed by atoms with Crippen molar-refractivity contribution in [3.8, 4) is 5.75 Å². The van der Waals surface area contributed by atoms with E-state index in [1.807, 2.05) is 0 Å². The highest BCUT2D eigenvalue weighted by molar-refractivity contribution is 7.89.